The molecule has 0 saturated carbocycles. The van der Waals surface area contributed by atoms with Crippen molar-refractivity contribution in [1.82, 2.24) is 4.31 Å². The second-order valence-corrected chi connectivity index (χ2v) is 9.31. The molecule has 1 N–H and O–H groups in total. The fraction of sp³-hybridized carbons (Fsp3) is 0.174. The van der Waals surface area contributed by atoms with E-state index < -0.39 is 10.0 Å². The molecule has 3 aromatic rings. The van der Waals surface area contributed by atoms with Crippen molar-refractivity contribution in [3.05, 3.63) is 83.9 Å². The zero-order valence-electron chi connectivity index (χ0n) is 17.6. The van der Waals surface area contributed by atoms with Crippen molar-refractivity contribution in [2.45, 2.75) is 18.2 Å². The maximum atomic E-state index is 12.5. The summed E-state index contributed by atoms with van der Waals surface area (Å²) < 4.78 is 26.1. The Morgan fingerprint density at radius 1 is 0.903 bits per heavy atom. The molecule has 8 heteroatoms. The number of aryl methyl sites for hydroxylation is 1. The van der Waals surface area contributed by atoms with E-state index in [-0.39, 0.29) is 17.2 Å². The van der Waals surface area contributed by atoms with Gasteiger partial charge < -0.3 is 5.32 Å². The van der Waals surface area contributed by atoms with Gasteiger partial charge in [0.15, 0.2) is 0 Å². The van der Waals surface area contributed by atoms with Crippen LogP contribution in [-0.4, -0.2) is 32.7 Å². The molecule has 3 rings (SSSR count). The van der Waals surface area contributed by atoms with Crippen LogP contribution >= 0.6 is 0 Å². The lowest BCUT2D eigenvalue weighted by Crippen LogP contribution is -2.23. The van der Waals surface area contributed by atoms with Gasteiger partial charge in [-0.3, -0.25) is 4.79 Å². The Bertz CT molecular complexity index is 1190. The second kappa shape index (κ2) is 9.63. The van der Waals surface area contributed by atoms with Crippen molar-refractivity contribution in [2.75, 3.05) is 19.4 Å². The van der Waals surface area contributed by atoms with E-state index in [2.05, 4.69) is 15.5 Å². The van der Waals surface area contributed by atoms with Gasteiger partial charge in [0.25, 0.3) is 0 Å². The van der Waals surface area contributed by atoms with Crippen molar-refractivity contribution in [1.29, 1.82) is 0 Å². The summed E-state index contributed by atoms with van der Waals surface area (Å²) in [5.41, 5.74) is 3.31. The quantitative estimate of drug-likeness (QED) is 0.537. The minimum Gasteiger partial charge on any atom is -0.326 e. The Balaban J connectivity index is 1.65. The smallest absolute Gasteiger partial charge is 0.242 e. The first-order valence-electron chi connectivity index (χ1n) is 9.64. The Labute approximate surface area is 182 Å². The predicted octanol–water partition coefficient (Wildman–Crippen LogP) is 4.84. The number of nitrogens with zero attached hydrogens (tertiary/aromatic N) is 3. The molecule has 0 aliphatic heterocycles. The van der Waals surface area contributed by atoms with E-state index in [1.807, 2.05) is 42.5 Å². The van der Waals surface area contributed by atoms with Gasteiger partial charge in [-0.05, 0) is 54.4 Å². The Morgan fingerprint density at radius 3 is 2.13 bits per heavy atom. The molecule has 0 unspecified atom stereocenters. The molecule has 7 nitrogen and oxygen atoms in total. The van der Waals surface area contributed by atoms with Gasteiger partial charge in [-0.25, -0.2) is 12.7 Å². The van der Waals surface area contributed by atoms with Crippen molar-refractivity contribution in [3.8, 4) is 0 Å². The van der Waals surface area contributed by atoms with E-state index in [0.717, 1.165) is 15.6 Å². The van der Waals surface area contributed by atoms with Crippen molar-refractivity contribution in [2.24, 2.45) is 10.2 Å². The highest BCUT2D eigenvalue weighted by atomic mass is 32.2. The molecule has 0 spiro atoms. The number of nitrogens with one attached hydrogen (secondary N) is 1. The molecule has 0 fully saturated rings. The molecule has 0 bridgehead atoms. The summed E-state index contributed by atoms with van der Waals surface area (Å²) in [5.74, 6) is -0.240. The van der Waals surface area contributed by atoms with Crippen LogP contribution in [0.5, 0.6) is 0 Å². The van der Waals surface area contributed by atoms with Crippen LogP contribution in [-0.2, 0) is 21.2 Å². The molecule has 0 aliphatic carbocycles. The second-order valence-electron chi connectivity index (χ2n) is 7.19. The summed E-state index contributed by atoms with van der Waals surface area (Å²) in [6, 6.07) is 21.5. The van der Waals surface area contributed by atoms with Gasteiger partial charge in [0.05, 0.1) is 22.7 Å². The summed E-state index contributed by atoms with van der Waals surface area (Å²) >= 11 is 0. The topological polar surface area (TPSA) is 91.2 Å². The Morgan fingerprint density at radius 2 is 1.52 bits per heavy atom. The number of hydrogen-bond donors (Lipinski definition) is 1. The molecule has 0 heterocycles. The van der Waals surface area contributed by atoms with Crippen molar-refractivity contribution < 1.29 is 13.2 Å². The lowest BCUT2D eigenvalue weighted by molar-refractivity contribution is -0.115. The molecule has 160 valence electrons. The molecular formula is C23H24N4O3S. The van der Waals surface area contributed by atoms with Crippen LogP contribution in [0.3, 0.4) is 0 Å². The third-order valence-corrected chi connectivity index (χ3v) is 6.53. The van der Waals surface area contributed by atoms with Crippen LogP contribution in [0.4, 0.5) is 17.1 Å². The molecule has 0 aliphatic rings. The van der Waals surface area contributed by atoms with Crippen molar-refractivity contribution >= 4 is 33.0 Å². The van der Waals surface area contributed by atoms with Gasteiger partial charge in [0.1, 0.15) is 0 Å². The van der Waals surface area contributed by atoms with Gasteiger partial charge >= 0.3 is 0 Å². The highest BCUT2D eigenvalue weighted by Crippen LogP contribution is 2.23. The lowest BCUT2D eigenvalue weighted by Gasteiger charge is -2.15. The van der Waals surface area contributed by atoms with Gasteiger partial charge in [-0.15, -0.1) is 0 Å². The van der Waals surface area contributed by atoms with Crippen LogP contribution < -0.4 is 5.32 Å². The maximum Gasteiger partial charge on any atom is 0.242 e. The molecule has 0 atom stereocenters. The number of carbonyl (C=O) groups is 1. The highest BCUT2D eigenvalue weighted by Gasteiger charge is 2.20. The van der Waals surface area contributed by atoms with Gasteiger partial charge in [0, 0.05) is 19.8 Å². The molecule has 0 aromatic heterocycles. The number of anilines is 1. The average molecular weight is 437 g/mol. The molecule has 31 heavy (non-hydrogen) atoms. The maximum absolute atomic E-state index is 12.5. The van der Waals surface area contributed by atoms with Crippen LogP contribution in [0.2, 0.25) is 0 Å². The minimum absolute atomic E-state index is 0.153. The minimum atomic E-state index is -3.59. The normalized spacial score (nSPS) is 11.7. The molecule has 1 amide bonds. The third kappa shape index (κ3) is 5.84. The van der Waals surface area contributed by atoms with Crippen LogP contribution in [0.15, 0.2) is 87.9 Å². The first-order valence-corrected chi connectivity index (χ1v) is 11.1. The summed E-state index contributed by atoms with van der Waals surface area (Å²) in [5, 5.41) is 11.1. The zero-order valence-corrected chi connectivity index (χ0v) is 18.4. The lowest BCUT2D eigenvalue weighted by atomic mass is 10.1. The summed E-state index contributed by atoms with van der Waals surface area (Å²) in [4.78, 5) is 12.6. The van der Waals surface area contributed by atoms with E-state index in [1.165, 1.54) is 20.2 Å². The van der Waals surface area contributed by atoms with E-state index in [0.29, 0.717) is 16.9 Å². The number of rotatable bonds is 7. The van der Waals surface area contributed by atoms with E-state index in [1.54, 1.807) is 31.2 Å². The number of azo groups is 1. The van der Waals surface area contributed by atoms with Gasteiger partial charge in [-0.1, -0.05) is 36.4 Å². The largest absolute Gasteiger partial charge is 0.326 e. The number of carbonyl (C=O) groups excluding carboxylic acids is 1. The fourth-order valence-corrected chi connectivity index (χ4v) is 3.98. The molecule has 3 aromatic carbocycles. The third-order valence-electron chi connectivity index (χ3n) is 4.57. The first kappa shape index (κ1) is 22.3. The number of amides is 1. The van der Waals surface area contributed by atoms with E-state index >= 15 is 0 Å². The molecule has 0 radical (unpaired) electrons. The fourth-order valence-electron chi connectivity index (χ4n) is 2.83. The average Bonchev–Trinajstić information content (AvgIpc) is 2.75. The Hall–Kier alpha value is -3.36. The van der Waals surface area contributed by atoms with Gasteiger partial charge in [-0.2, -0.15) is 10.2 Å². The number of sulfonamides is 1. The van der Waals surface area contributed by atoms with E-state index in [4.69, 9.17) is 0 Å². The summed E-state index contributed by atoms with van der Waals surface area (Å²) in [7, 11) is -0.642. The summed E-state index contributed by atoms with van der Waals surface area (Å²) in [6.07, 6.45) is 0.153. The SMILES string of the molecule is Cc1ccc(NC(=O)Cc2ccc(N=Nc3ccccc3)cc2)cc1S(=O)(=O)N(C)C. The standard InChI is InChI=1S/C23H24N4O3S/c1-17-9-12-21(16-22(17)31(29,30)27(2)3)24-23(28)15-18-10-13-20(14-11-18)26-25-19-7-5-4-6-8-19/h4-14,16H,15H2,1-3H3,(H,24,28). The Kier molecular flexibility index (Phi) is 6.94. The number of hydrogen-bond acceptors (Lipinski definition) is 5. The van der Waals surface area contributed by atoms with Crippen molar-refractivity contribution in [3.63, 3.8) is 0 Å². The van der Waals surface area contributed by atoms with Gasteiger partial charge in [0.2, 0.25) is 15.9 Å². The molecular weight excluding hydrogens is 412 g/mol. The van der Waals surface area contributed by atoms with Crippen LogP contribution in [0.25, 0.3) is 0 Å². The molecule has 0 saturated heterocycles. The van der Waals surface area contributed by atoms with Crippen LogP contribution in [0, 0.1) is 6.92 Å². The first-order chi connectivity index (χ1) is 14.8. The van der Waals surface area contributed by atoms with Crippen LogP contribution in [0.1, 0.15) is 11.1 Å². The monoisotopic (exact) mass is 436 g/mol. The zero-order chi connectivity index (χ0) is 22.4. The summed E-state index contributed by atoms with van der Waals surface area (Å²) in [6.45, 7) is 1.72. The number of benzene rings is 3. The van der Waals surface area contributed by atoms with E-state index in [9.17, 15) is 13.2 Å². The highest BCUT2D eigenvalue weighted by molar-refractivity contribution is 7.89. The predicted molar refractivity (Wildman–Crippen MR) is 121 cm³/mol.